The number of carbonyl (C=O) groups excluding carboxylic acids is 1. The van der Waals surface area contributed by atoms with Gasteiger partial charge in [0.15, 0.2) is 0 Å². The second-order valence-electron chi connectivity index (χ2n) is 3.93. The fourth-order valence-electron chi connectivity index (χ4n) is 1.95. The van der Waals surface area contributed by atoms with Gasteiger partial charge in [-0.25, -0.2) is 14.8 Å². The van der Waals surface area contributed by atoms with E-state index in [-0.39, 0.29) is 17.9 Å². The molecule has 1 saturated heterocycles. The third kappa shape index (κ3) is 2.22. The van der Waals surface area contributed by atoms with Crippen molar-refractivity contribution in [3.63, 3.8) is 0 Å². The van der Waals surface area contributed by atoms with Crippen molar-refractivity contribution >= 4 is 23.5 Å². The Kier molecular flexibility index (Phi) is 3.00. The molecule has 0 aromatic carbocycles. The van der Waals surface area contributed by atoms with Crippen LogP contribution in [-0.4, -0.2) is 27.7 Å². The average Bonchev–Trinajstić information content (AvgIpc) is 2.82. The third-order valence-electron chi connectivity index (χ3n) is 2.80. The quantitative estimate of drug-likeness (QED) is 0.787. The van der Waals surface area contributed by atoms with Crippen molar-refractivity contribution in [3.8, 4) is 0 Å². The lowest BCUT2D eigenvalue weighted by Gasteiger charge is -2.20. The number of pyridine rings is 1. The van der Waals surface area contributed by atoms with Crippen molar-refractivity contribution in [2.75, 3.05) is 11.5 Å². The van der Waals surface area contributed by atoms with Gasteiger partial charge in [-0.15, -0.1) is 0 Å². The maximum atomic E-state index is 11.8. The summed E-state index contributed by atoms with van der Waals surface area (Å²) < 4.78 is 5.08. The van der Waals surface area contributed by atoms with Crippen LogP contribution in [0.4, 0.5) is 10.6 Å². The molecule has 0 spiro atoms. The number of aromatic nitrogens is 3. The standard InChI is InChI=1S/C12H9ClN4O2/c13-11-15-5-3-10(16-11)17-9(7-19-12(17)18)8-2-1-4-14-6-8/h1-6,9H,7H2/t9-/m1/s1. The zero-order chi connectivity index (χ0) is 13.2. The summed E-state index contributed by atoms with van der Waals surface area (Å²) in [6.07, 6.45) is 4.41. The lowest BCUT2D eigenvalue weighted by molar-refractivity contribution is 0.179. The van der Waals surface area contributed by atoms with E-state index in [0.717, 1.165) is 5.56 Å². The Morgan fingerprint density at radius 2 is 2.26 bits per heavy atom. The number of anilines is 1. The van der Waals surface area contributed by atoms with E-state index in [1.807, 2.05) is 12.1 Å². The predicted octanol–water partition coefficient (Wildman–Crippen LogP) is 2.22. The van der Waals surface area contributed by atoms with Crippen molar-refractivity contribution in [2.24, 2.45) is 0 Å². The average molecular weight is 277 g/mol. The Morgan fingerprint density at radius 1 is 1.37 bits per heavy atom. The number of nitrogens with zero attached hydrogens (tertiary/aromatic N) is 4. The van der Waals surface area contributed by atoms with Crippen LogP contribution in [0.5, 0.6) is 0 Å². The maximum Gasteiger partial charge on any atom is 0.416 e. The summed E-state index contributed by atoms with van der Waals surface area (Å²) in [5, 5.41) is 0.0853. The first kappa shape index (κ1) is 11.9. The molecule has 0 unspecified atom stereocenters. The molecule has 2 aromatic heterocycles. The van der Waals surface area contributed by atoms with Crippen LogP contribution in [0.1, 0.15) is 11.6 Å². The molecule has 3 rings (SSSR count). The Morgan fingerprint density at radius 3 is 3.00 bits per heavy atom. The van der Waals surface area contributed by atoms with Crippen LogP contribution < -0.4 is 4.90 Å². The van der Waals surface area contributed by atoms with Gasteiger partial charge in [-0.1, -0.05) is 6.07 Å². The molecular formula is C12H9ClN4O2. The van der Waals surface area contributed by atoms with E-state index in [1.165, 1.54) is 11.1 Å². The molecule has 0 N–H and O–H groups in total. The van der Waals surface area contributed by atoms with E-state index in [2.05, 4.69) is 15.0 Å². The highest BCUT2D eigenvalue weighted by atomic mass is 35.5. The second-order valence-corrected chi connectivity index (χ2v) is 4.27. The fourth-order valence-corrected chi connectivity index (χ4v) is 2.10. The molecule has 0 bridgehead atoms. The number of carbonyl (C=O) groups is 1. The van der Waals surface area contributed by atoms with Gasteiger partial charge >= 0.3 is 6.09 Å². The molecule has 1 atom stereocenters. The molecule has 19 heavy (non-hydrogen) atoms. The summed E-state index contributed by atoms with van der Waals surface area (Å²) in [7, 11) is 0. The van der Waals surface area contributed by atoms with Gasteiger partial charge in [0.2, 0.25) is 5.28 Å². The highest BCUT2D eigenvalue weighted by molar-refractivity contribution is 6.28. The first-order valence-electron chi connectivity index (χ1n) is 5.60. The summed E-state index contributed by atoms with van der Waals surface area (Å²) in [6.45, 7) is 0.256. The van der Waals surface area contributed by atoms with Crippen LogP contribution >= 0.6 is 11.6 Å². The molecule has 1 fully saturated rings. The van der Waals surface area contributed by atoms with Crippen LogP contribution in [0, 0.1) is 0 Å². The second kappa shape index (κ2) is 4.81. The number of halogens is 1. The van der Waals surface area contributed by atoms with Crippen molar-refractivity contribution in [3.05, 3.63) is 47.6 Å². The molecule has 0 saturated carbocycles. The number of hydrogen-bond acceptors (Lipinski definition) is 5. The zero-order valence-electron chi connectivity index (χ0n) is 9.73. The zero-order valence-corrected chi connectivity index (χ0v) is 10.5. The number of rotatable bonds is 2. The molecule has 1 aliphatic rings. The minimum Gasteiger partial charge on any atom is -0.447 e. The lowest BCUT2D eigenvalue weighted by atomic mass is 10.1. The van der Waals surface area contributed by atoms with Crippen molar-refractivity contribution in [1.29, 1.82) is 0 Å². The molecule has 0 radical (unpaired) electrons. The molecule has 3 heterocycles. The Labute approximate surface area is 114 Å². The molecule has 96 valence electrons. The van der Waals surface area contributed by atoms with Gasteiger partial charge in [0, 0.05) is 18.6 Å². The minimum atomic E-state index is -0.455. The van der Waals surface area contributed by atoms with E-state index < -0.39 is 6.09 Å². The number of ether oxygens (including phenoxy) is 1. The smallest absolute Gasteiger partial charge is 0.416 e. The normalized spacial score (nSPS) is 18.5. The topological polar surface area (TPSA) is 68.2 Å². The minimum absolute atomic E-state index is 0.0853. The third-order valence-corrected chi connectivity index (χ3v) is 2.98. The largest absolute Gasteiger partial charge is 0.447 e. The lowest BCUT2D eigenvalue weighted by Crippen LogP contribution is -2.28. The SMILES string of the molecule is O=C1OC[C@H](c2cccnc2)N1c1ccnc(Cl)n1. The number of hydrogen-bond donors (Lipinski definition) is 0. The van der Waals surface area contributed by atoms with Gasteiger partial charge in [0.1, 0.15) is 18.5 Å². The Bertz CT molecular complexity index is 608. The summed E-state index contributed by atoms with van der Waals surface area (Å²) in [5.74, 6) is 0.413. The van der Waals surface area contributed by atoms with Gasteiger partial charge in [-0.05, 0) is 29.3 Å². The maximum absolute atomic E-state index is 11.8. The highest BCUT2D eigenvalue weighted by Gasteiger charge is 2.36. The molecule has 6 nitrogen and oxygen atoms in total. The predicted molar refractivity (Wildman–Crippen MR) is 67.8 cm³/mol. The van der Waals surface area contributed by atoms with E-state index >= 15 is 0 Å². The van der Waals surface area contributed by atoms with Gasteiger partial charge < -0.3 is 4.74 Å². The molecule has 0 aliphatic carbocycles. The molecule has 2 aromatic rings. The molecule has 1 aliphatic heterocycles. The Hall–Kier alpha value is -2.21. The van der Waals surface area contributed by atoms with Crippen molar-refractivity contribution < 1.29 is 9.53 Å². The van der Waals surface area contributed by atoms with Gasteiger partial charge in [0.25, 0.3) is 0 Å². The van der Waals surface area contributed by atoms with Crippen molar-refractivity contribution in [2.45, 2.75) is 6.04 Å². The van der Waals surface area contributed by atoms with Crippen LogP contribution in [0.15, 0.2) is 36.8 Å². The monoisotopic (exact) mass is 276 g/mol. The molecule has 1 amide bonds. The van der Waals surface area contributed by atoms with E-state index in [0.29, 0.717) is 5.82 Å². The summed E-state index contributed by atoms with van der Waals surface area (Å²) in [5.41, 5.74) is 0.878. The van der Waals surface area contributed by atoms with Crippen LogP contribution in [0.25, 0.3) is 0 Å². The van der Waals surface area contributed by atoms with Gasteiger partial charge in [-0.2, -0.15) is 0 Å². The van der Waals surface area contributed by atoms with E-state index in [4.69, 9.17) is 16.3 Å². The Balaban J connectivity index is 2.00. The van der Waals surface area contributed by atoms with E-state index in [9.17, 15) is 4.79 Å². The van der Waals surface area contributed by atoms with E-state index in [1.54, 1.807) is 18.5 Å². The van der Waals surface area contributed by atoms with Crippen LogP contribution in [0.2, 0.25) is 5.28 Å². The highest BCUT2D eigenvalue weighted by Crippen LogP contribution is 2.31. The summed E-state index contributed by atoms with van der Waals surface area (Å²) in [4.78, 5) is 25.2. The number of amides is 1. The van der Waals surface area contributed by atoms with Crippen LogP contribution in [-0.2, 0) is 4.74 Å². The molecule has 7 heteroatoms. The first-order chi connectivity index (χ1) is 9.25. The van der Waals surface area contributed by atoms with Gasteiger partial charge in [0.05, 0.1) is 0 Å². The summed E-state index contributed by atoms with van der Waals surface area (Å²) in [6, 6.07) is 5.05. The molecular weight excluding hydrogens is 268 g/mol. The van der Waals surface area contributed by atoms with Gasteiger partial charge in [-0.3, -0.25) is 9.88 Å². The first-order valence-corrected chi connectivity index (χ1v) is 5.98. The summed E-state index contributed by atoms with van der Waals surface area (Å²) >= 11 is 5.75. The van der Waals surface area contributed by atoms with Crippen molar-refractivity contribution in [1.82, 2.24) is 15.0 Å². The number of cyclic esters (lactones) is 1. The van der Waals surface area contributed by atoms with Crippen LogP contribution in [0.3, 0.4) is 0 Å². The fraction of sp³-hybridized carbons (Fsp3) is 0.167.